The number of hydrogen-bond donors (Lipinski definition) is 1. The van der Waals surface area contributed by atoms with E-state index in [-0.39, 0.29) is 0 Å². The Labute approximate surface area is 105 Å². The van der Waals surface area contributed by atoms with E-state index in [4.69, 9.17) is 0 Å². The minimum Gasteiger partial charge on any atom is -0.389 e. The van der Waals surface area contributed by atoms with E-state index in [0.29, 0.717) is 0 Å². The molecule has 0 amide bonds. The molecule has 3 heteroatoms. The molecule has 2 rings (SSSR count). The van der Waals surface area contributed by atoms with E-state index < -0.39 is 6.10 Å². The Hall–Kier alpha value is -0.540. The van der Waals surface area contributed by atoms with Gasteiger partial charge in [0.1, 0.15) is 0 Å². The van der Waals surface area contributed by atoms with Gasteiger partial charge >= 0.3 is 0 Å². The maximum Gasteiger partial charge on any atom is 0.0772 e. The van der Waals surface area contributed by atoms with Crippen LogP contribution in [-0.2, 0) is 0 Å². The van der Waals surface area contributed by atoms with E-state index in [2.05, 4.69) is 40.0 Å². The molecule has 0 spiro atoms. The molecular formula is C13H18BrNO. The Morgan fingerprint density at radius 3 is 2.69 bits per heavy atom. The van der Waals surface area contributed by atoms with Gasteiger partial charge in [-0.2, -0.15) is 0 Å². The van der Waals surface area contributed by atoms with Gasteiger partial charge in [-0.05, 0) is 43.4 Å². The van der Waals surface area contributed by atoms with Crippen LogP contribution >= 0.6 is 15.9 Å². The van der Waals surface area contributed by atoms with Crippen molar-refractivity contribution in [2.45, 2.75) is 25.9 Å². The topological polar surface area (TPSA) is 23.5 Å². The summed E-state index contributed by atoms with van der Waals surface area (Å²) in [6.45, 7) is 2.92. The van der Waals surface area contributed by atoms with E-state index >= 15 is 0 Å². The van der Waals surface area contributed by atoms with E-state index in [1.54, 1.807) is 6.92 Å². The lowest BCUT2D eigenvalue weighted by atomic mass is 10.1. The molecular weight excluding hydrogens is 266 g/mol. The van der Waals surface area contributed by atoms with Crippen molar-refractivity contribution >= 4 is 21.6 Å². The zero-order valence-corrected chi connectivity index (χ0v) is 11.4. The second kappa shape index (κ2) is 4.76. The lowest BCUT2D eigenvalue weighted by molar-refractivity contribution is 0.198. The molecule has 0 heterocycles. The van der Waals surface area contributed by atoms with Crippen molar-refractivity contribution in [3.8, 4) is 0 Å². The van der Waals surface area contributed by atoms with Crippen LogP contribution in [0.4, 0.5) is 5.69 Å². The Kier molecular flexibility index (Phi) is 3.55. The van der Waals surface area contributed by atoms with Gasteiger partial charge in [-0.15, -0.1) is 0 Å². The number of hydrogen-bond acceptors (Lipinski definition) is 2. The van der Waals surface area contributed by atoms with Crippen molar-refractivity contribution in [3.63, 3.8) is 0 Å². The summed E-state index contributed by atoms with van der Waals surface area (Å²) in [5.41, 5.74) is 2.16. The number of benzene rings is 1. The molecule has 1 fully saturated rings. The highest BCUT2D eigenvalue weighted by atomic mass is 79.9. The fourth-order valence-electron chi connectivity index (χ4n) is 1.89. The lowest BCUT2D eigenvalue weighted by Crippen LogP contribution is -2.19. The maximum atomic E-state index is 9.55. The average molecular weight is 284 g/mol. The molecule has 16 heavy (non-hydrogen) atoms. The van der Waals surface area contributed by atoms with Crippen molar-refractivity contribution in [3.05, 3.63) is 28.2 Å². The van der Waals surface area contributed by atoms with Gasteiger partial charge in [0, 0.05) is 23.8 Å². The van der Waals surface area contributed by atoms with Crippen LogP contribution in [0.2, 0.25) is 0 Å². The van der Waals surface area contributed by atoms with E-state index in [1.807, 2.05) is 6.07 Å². The summed E-state index contributed by atoms with van der Waals surface area (Å²) in [6, 6.07) is 6.16. The van der Waals surface area contributed by atoms with Crippen molar-refractivity contribution < 1.29 is 5.11 Å². The minimum atomic E-state index is -0.419. The number of aliphatic hydroxyl groups excluding tert-OH is 1. The predicted octanol–water partition coefficient (Wildman–Crippen LogP) is 3.35. The van der Waals surface area contributed by atoms with Crippen LogP contribution in [0.5, 0.6) is 0 Å². The largest absolute Gasteiger partial charge is 0.389 e. The smallest absolute Gasteiger partial charge is 0.0772 e. The first-order valence-electron chi connectivity index (χ1n) is 5.76. The first-order chi connectivity index (χ1) is 7.58. The summed E-state index contributed by atoms with van der Waals surface area (Å²) in [6.07, 6.45) is 2.33. The zero-order valence-electron chi connectivity index (χ0n) is 9.78. The van der Waals surface area contributed by atoms with E-state index in [9.17, 15) is 5.11 Å². The summed E-state index contributed by atoms with van der Waals surface area (Å²) in [7, 11) is 2.13. The SMILES string of the molecule is CC(O)c1ccc(N(C)CC2CC2)cc1Br. The molecule has 0 aliphatic heterocycles. The van der Waals surface area contributed by atoms with Gasteiger partial charge in [0.15, 0.2) is 0 Å². The third-order valence-corrected chi connectivity index (χ3v) is 3.79. The van der Waals surface area contributed by atoms with Gasteiger partial charge in [0.25, 0.3) is 0 Å². The second-order valence-corrected chi connectivity index (χ2v) is 5.56. The molecule has 0 radical (unpaired) electrons. The van der Waals surface area contributed by atoms with Gasteiger partial charge in [-0.3, -0.25) is 0 Å². The van der Waals surface area contributed by atoms with Crippen molar-refractivity contribution in [2.75, 3.05) is 18.5 Å². The first kappa shape index (κ1) is 11.9. The third kappa shape index (κ3) is 2.77. The number of anilines is 1. The summed E-state index contributed by atoms with van der Waals surface area (Å²) >= 11 is 3.51. The molecule has 1 N–H and O–H groups in total. The predicted molar refractivity (Wildman–Crippen MR) is 70.8 cm³/mol. The molecule has 0 saturated heterocycles. The summed E-state index contributed by atoms with van der Waals surface area (Å²) in [4.78, 5) is 2.29. The highest BCUT2D eigenvalue weighted by Crippen LogP contribution is 2.32. The standard InChI is InChI=1S/C13H18BrNO/c1-9(16)12-6-5-11(7-13(12)14)15(2)8-10-3-4-10/h5-7,9-10,16H,3-4,8H2,1-2H3. The van der Waals surface area contributed by atoms with Gasteiger partial charge in [-0.25, -0.2) is 0 Å². The fraction of sp³-hybridized carbons (Fsp3) is 0.538. The highest BCUT2D eigenvalue weighted by Gasteiger charge is 2.23. The van der Waals surface area contributed by atoms with Crippen LogP contribution in [0.25, 0.3) is 0 Å². The minimum absolute atomic E-state index is 0.419. The Bertz CT molecular complexity index is 374. The van der Waals surface area contributed by atoms with Crippen molar-refractivity contribution in [1.82, 2.24) is 0 Å². The molecule has 2 nitrogen and oxygen atoms in total. The molecule has 0 bridgehead atoms. The number of nitrogens with zero attached hydrogens (tertiary/aromatic N) is 1. The highest BCUT2D eigenvalue weighted by molar-refractivity contribution is 9.10. The summed E-state index contributed by atoms with van der Waals surface area (Å²) < 4.78 is 0.989. The van der Waals surface area contributed by atoms with Crippen LogP contribution in [0.3, 0.4) is 0 Å². The quantitative estimate of drug-likeness (QED) is 0.916. The van der Waals surface area contributed by atoms with Crippen LogP contribution in [-0.4, -0.2) is 18.7 Å². The third-order valence-electron chi connectivity index (χ3n) is 3.10. The second-order valence-electron chi connectivity index (χ2n) is 4.71. The number of rotatable bonds is 4. The summed E-state index contributed by atoms with van der Waals surface area (Å²) in [5.74, 6) is 0.889. The van der Waals surface area contributed by atoms with E-state index in [1.165, 1.54) is 18.5 Å². The van der Waals surface area contributed by atoms with Crippen LogP contribution in [0, 0.1) is 5.92 Å². The van der Waals surface area contributed by atoms with Crippen molar-refractivity contribution in [1.29, 1.82) is 0 Å². The zero-order chi connectivity index (χ0) is 11.7. The molecule has 88 valence electrons. The Morgan fingerprint density at radius 1 is 1.50 bits per heavy atom. The Morgan fingerprint density at radius 2 is 2.19 bits per heavy atom. The first-order valence-corrected chi connectivity index (χ1v) is 6.56. The average Bonchev–Trinajstić information content (AvgIpc) is 3.00. The van der Waals surface area contributed by atoms with Crippen molar-refractivity contribution in [2.24, 2.45) is 5.92 Å². The monoisotopic (exact) mass is 283 g/mol. The number of aliphatic hydroxyl groups is 1. The van der Waals surface area contributed by atoms with Crippen LogP contribution in [0.1, 0.15) is 31.4 Å². The van der Waals surface area contributed by atoms with Gasteiger partial charge < -0.3 is 10.0 Å². The Balaban J connectivity index is 2.12. The molecule has 1 aromatic carbocycles. The normalized spacial score (nSPS) is 17.2. The fourth-order valence-corrected chi connectivity index (χ4v) is 2.58. The molecule has 1 aliphatic carbocycles. The van der Waals surface area contributed by atoms with Crippen LogP contribution < -0.4 is 4.90 Å². The van der Waals surface area contributed by atoms with Gasteiger partial charge in [-0.1, -0.05) is 22.0 Å². The lowest BCUT2D eigenvalue weighted by Gasteiger charge is -2.20. The molecule has 1 aliphatic rings. The number of halogens is 1. The molecule has 0 aromatic heterocycles. The van der Waals surface area contributed by atoms with Gasteiger partial charge in [0.05, 0.1) is 6.10 Å². The van der Waals surface area contributed by atoms with Gasteiger partial charge in [0.2, 0.25) is 0 Å². The molecule has 1 saturated carbocycles. The molecule has 1 aromatic rings. The van der Waals surface area contributed by atoms with E-state index in [0.717, 1.165) is 22.5 Å². The molecule has 1 unspecified atom stereocenters. The van der Waals surface area contributed by atoms with Crippen LogP contribution in [0.15, 0.2) is 22.7 Å². The summed E-state index contributed by atoms with van der Waals surface area (Å²) in [5, 5.41) is 9.55. The molecule has 1 atom stereocenters. The maximum absolute atomic E-state index is 9.55.